The van der Waals surface area contributed by atoms with E-state index in [9.17, 15) is 0 Å². The van der Waals surface area contributed by atoms with Gasteiger partial charge in [0, 0.05) is 35.9 Å². The average molecular weight is 189 g/mol. The first-order chi connectivity index (χ1) is 5.22. The molecule has 2 aliphatic heterocycles. The van der Waals surface area contributed by atoms with Crippen LogP contribution in [0.25, 0.3) is 0 Å². The van der Waals surface area contributed by atoms with Gasteiger partial charge in [-0.1, -0.05) is 0 Å². The molecule has 2 fully saturated rings. The highest BCUT2D eigenvalue weighted by molar-refractivity contribution is 8.17. The van der Waals surface area contributed by atoms with Gasteiger partial charge < -0.3 is 0 Å². The Labute approximate surface area is 76.9 Å². The molecule has 0 aromatic carbocycles. The molecule has 2 heterocycles. The molecule has 0 saturated carbocycles. The Bertz CT molecular complexity index is 154. The Kier molecular flexibility index (Phi) is 2.17. The highest BCUT2D eigenvalue weighted by atomic mass is 32.2. The summed E-state index contributed by atoms with van der Waals surface area (Å²) >= 11 is 2.25. The van der Waals surface area contributed by atoms with Gasteiger partial charge in [0.15, 0.2) is 4.08 Å². The van der Waals surface area contributed by atoms with Crippen molar-refractivity contribution in [2.45, 2.75) is 42.4 Å². The smallest absolute Gasteiger partial charge is 0.102 e. The van der Waals surface area contributed by atoms with Crippen LogP contribution in [0.3, 0.4) is 0 Å². The predicted molar refractivity (Wildman–Crippen MR) is 56.4 cm³/mol. The van der Waals surface area contributed by atoms with Crippen LogP contribution in [-0.2, 0) is 10.9 Å². The molecule has 0 bridgehead atoms. The molecule has 64 valence electrons. The quantitative estimate of drug-likeness (QED) is 0.528. The average Bonchev–Trinajstić information content (AvgIpc) is 2.29. The topological polar surface area (TPSA) is 0 Å². The van der Waals surface area contributed by atoms with E-state index in [0.29, 0.717) is 4.08 Å². The van der Waals surface area contributed by atoms with Crippen LogP contribution in [0.15, 0.2) is 0 Å². The summed E-state index contributed by atoms with van der Waals surface area (Å²) < 4.78 is 0.706. The highest BCUT2D eigenvalue weighted by Crippen LogP contribution is 2.49. The second-order valence-corrected chi connectivity index (χ2v) is 8.65. The number of hydrogen-bond acceptors (Lipinski definition) is 1. The van der Waals surface area contributed by atoms with Crippen molar-refractivity contribution >= 4 is 22.7 Å². The molecule has 3 atom stereocenters. The summed E-state index contributed by atoms with van der Waals surface area (Å²) in [6.45, 7) is 4.96. The van der Waals surface area contributed by atoms with E-state index in [4.69, 9.17) is 0 Å². The van der Waals surface area contributed by atoms with Crippen molar-refractivity contribution in [3.63, 3.8) is 0 Å². The molecule has 0 aromatic rings. The summed E-state index contributed by atoms with van der Waals surface area (Å²) in [6.07, 6.45) is 4.46. The summed E-state index contributed by atoms with van der Waals surface area (Å²) in [5, 5.41) is 1.03. The Hall–Kier alpha value is 0.700. The molecule has 3 unspecified atom stereocenters. The number of hydrogen-bond donors (Lipinski definition) is 0. The van der Waals surface area contributed by atoms with Crippen LogP contribution in [0.4, 0.5) is 0 Å². The zero-order valence-corrected chi connectivity index (χ0v) is 9.06. The second-order valence-electron chi connectivity index (χ2n) is 3.82. The fraction of sp³-hybridized carbons (Fsp3) is 1.00. The van der Waals surface area contributed by atoms with Crippen LogP contribution in [-0.4, -0.2) is 20.8 Å². The third-order valence-electron chi connectivity index (χ3n) is 2.96. The monoisotopic (exact) mass is 189 g/mol. The second kappa shape index (κ2) is 2.88. The summed E-state index contributed by atoms with van der Waals surface area (Å²) in [5.41, 5.74) is 0. The van der Waals surface area contributed by atoms with Crippen molar-refractivity contribution in [2.75, 3.05) is 11.5 Å². The third-order valence-corrected chi connectivity index (χ3v) is 8.51. The van der Waals surface area contributed by atoms with E-state index >= 15 is 0 Å². The number of thioether (sulfide) groups is 1. The van der Waals surface area contributed by atoms with Crippen LogP contribution >= 0.6 is 11.8 Å². The first-order valence-electron chi connectivity index (χ1n) is 4.56. The third kappa shape index (κ3) is 1.33. The molecular weight excluding hydrogens is 172 g/mol. The van der Waals surface area contributed by atoms with E-state index in [1.54, 1.807) is 0 Å². The standard InChI is InChI=1S/C9H17S2/c1-8-4-5-9(2)10-6-3-7-11(8)9/h8H,3-7H2,1-2H3/q+1. The predicted octanol–water partition coefficient (Wildman–Crippen LogP) is 2.64. The van der Waals surface area contributed by atoms with E-state index < -0.39 is 0 Å². The van der Waals surface area contributed by atoms with Crippen molar-refractivity contribution in [2.24, 2.45) is 0 Å². The molecule has 0 amide bonds. The molecule has 0 aliphatic carbocycles. The largest absolute Gasteiger partial charge is 0.170 e. The minimum absolute atomic E-state index is 0.706. The zero-order valence-electron chi connectivity index (χ0n) is 7.43. The van der Waals surface area contributed by atoms with Gasteiger partial charge in [0.25, 0.3) is 0 Å². The van der Waals surface area contributed by atoms with Gasteiger partial charge in [0.05, 0.1) is 0 Å². The van der Waals surface area contributed by atoms with Crippen LogP contribution < -0.4 is 0 Å². The van der Waals surface area contributed by atoms with Gasteiger partial charge in [-0.3, -0.25) is 0 Å². The molecule has 0 aromatic heterocycles. The molecule has 2 heteroatoms. The maximum Gasteiger partial charge on any atom is 0.170 e. The van der Waals surface area contributed by atoms with Gasteiger partial charge in [0.2, 0.25) is 0 Å². The van der Waals surface area contributed by atoms with Gasteiger partial charge in [-0.2, -0.15) is 0 Å². The molecule has 0 spiro atoms. The van der Waals surface area contributed by atoms with Crippen molar-refractivity contribution in [3.05, 3.63) is 0 Å². The first kappa shape index (κ1) is 8.31. The van der Waals surface area contributed by atoms with E-state index in [1.807, 2.05) is 0 Å². The normalized spacial score (nSPS) is 50.7. The highest BCUT2D eigenvalue weighted by Gasteiger charge is 2.53. The Morgan fingerprint density at radius 3 is 3.09 bits per heavy atom. The Morgan fingerprint density at radius 2 is 2.36 bits per heavy atom. The minimum atomic E-state index is 0.706. The van der Waals surface area contributed by atoms with Crippen molar-refractivity contribution in [1.29, 1.82) is 0 Å². The molecule has 2 aliphatic rings. The first-order valence-corrected chi connectivity index (χ1v) is 7.00. The van der Waals surface area contributed by atoms with E-state index in [1.165, 1.54) is 30.8 Å². The molecular formula is C9H17S2+. The molecule has 0 nitrogen and oxygen atoms in total. The Balaban J connectivity index is 2.14. The molecule has 0 radical (unpaired) electrons. The lowest BCUT2D eigenvalue weighted by atomic mass is 10.2. The maximum atomic E-state index is 2.50. The van der Waals surface area contributed by atoms with Crippen molar-refractivity contribution in [3.8, 4) is 0 Å². The SMILES string of the molecule is CC1CCC2(C)SCCC[S+]12. The van der Waals surface area contributed by atoms with Crippen LogP contribution in [0.2, 0.25) is 0 Å². The van der Waals surface area contributed by atoms with E-state index in [2.05, 4.69) is 25.6 Å². The van der Waals surface area contributed by atoms with Crippen molar-refractivity contribution < 1.29 is 0 Å². The maximum absolute atomic E-state index is 2.50. The lowest BCUT2D eigenvalue weighted by Crippen LogP contribution is -2.36. The zero-order chi connectivity index (χ0) is 7.90. The van der Waals surface area contributed by atoms with Gasteiger partial charge in [-0.05, 0) is 13.8 Å². The van der Waals surface area contributed by atoms with E-state index in [-0.39, 0.29) is 0 Å². The lowest BCUT2D eigenvalue weighted by Gasteiger charge is -2.28. The van der Waals surface area contributed by atoms with Crippen LogP contribution in [0.1, 0.15) is 33.1 Å². The number of fused-ring (bicyclic) bond motifs is 1. The lowest BCUT2D eigenvalue weighted by molar-refractivity contribution is 0.746. The molecule has 11 heavy (non-hydrogen) atoms. The van der Waals surface area contributed by atoms with Crippen molar-refractivity contribution in [1.82, 2.24) is 0 Å². The fourth-order valence-electron chi connectivity index (χ4n) is 2.23. The summed E-state index contributed by atoms with van der Waals surface area (Å²) in [7, 11) is 0.767. The summed E-state index contributed by atoms with van der Waals surface area (Å²) in [4.78, 5) is 0. The van der Waals surface area contributed by atoms with Gasteiger partial charge in [-0.25, -0.2) is 0 Å². The Morgan fingerprint density at radius 1 is 1.55 bits per heavy atom. The van der Waals surface area contributed by atoms with E-state index in [0.717, 1.165) is 16.1 Å². The van der Waals surface area contributed by atoms with Gasteiger partial charge in [-0.15, -0.1) is 11.8 Å². The number of rotatable bonds is 0. The van der Waals surface area contributed by atoms with Gasteiger partial charge in [0.1, 0.15) is 11.0 Å². The molecule has 2 rings (SSSR count). The van der Waals surface area contributed by atoms with Crippen LogP contribution in [0.5, 0.6) is 0 Å². The summed E-state index contributed by atoms with van der Waals surface area (Å²) in [6, 6.07) is 0. The summed E-state index contributed by atoms with van der Waals surface area (Å²) in [5.74, 6) is 2.96. The van der Waals surface area contributed by atoms with Crippen LogP contribution in [0, 0.1) is 0 Å². The molecule has 0 N–H and O–H groups in total. The fourth-order valence-corrected chi connectivity index (χ4v) is 7.92. The minimum Gasteiger partial charge on any atom is -0.102 e. The van der Waals surface area contributed by atoms with Gasteiger partial charge >= 0.3 is 0 Å². The molecule has 2 saturated heterocycles.